The summed E-state index contributed by atoms with van der Waals surface area (Å²) < 4.78 is 29.8. The number of carbonyl (C=O) groups excluding carboxylic acids is 2. The van der Waals surface area contributed by atoms with Gasteiger partial charge in [0.25, 0.3) is 5.91 Å². The molecule has 0 spiro atoms. The van der Waals surface area contributed by atoms with Crippen molar-refractivity contribution in [3.05, 3.63) is 53.3 Å². The molecule has 0 aliphatic heterocycles. The molecule has 0 bridgehead atoms. The van der Waals surface area contributed by atoms with Crippen molar-refractivity contribution in [1.29, 1.82) is 0 Å². The largest absolute Gasteiger partial charge is 0.496 e. The maximum Gasteiger partial charge on any atom is 0.254 e. The third kappa shape index (κ3) is 5.40. The van der Waals surface area contributed by atoms with Gasteiger partial charge >= 0.3 is 0 Å². The molecular weight excluding hydrogens is 391 g/mol. The SMILES string of the molecule is COc1cc(OC)c(OC)cc1CNC(=O)[C@@H](NC(=O)c1ccccc1F)C(C)C. The molecule has 1 atom stereocenters. The van der Waals surface area contributed by atoms with Crippen molar-refractivity contribution in [3.63, 3.8) is 0 Å². The highest BCUT2D eigenvalue weighted by molar-refractivity contribution is 5.97. The molecule has 2 N–H and O–H groups in total. The van der Waals surface area contributed by atoms with Crippen LogP contribution in [0.15, 0.2) is 36.4 Å². The van der Waals surface area contributed by atoms with Gasteiger partial charge in [0.1, 0.15) is 17.6 Å². The van der Waals surface area contributed by atoms with Crippen LogP contribution in [0.1, 0.15) is 29.8 Å². The number of ether oxygens (including phenoxy) is 3. The van der Waals surface area contributed by atoms with E-state index in [1.165, 1.54) is 39.5 Å². The number of nitrogens with one attached hydrogen (secondary N) is 2. The van der Waals surface area contributed by atoms with Crippen molar-refractivity contribution in [2.45, 2.75) is 26.4 Å². The van der Waals surface area contributed by atoms with E-state index in [0.29, 0.717) is 22.8 Å². The Morgan fingerprint density at radius 3 is 2.13 bits per heavy atom. The van der Waals surface area contributed by atoms with Gasteiger partial charge in [0.05, 0.1) is 26.9 Å². The van der Waals surface area contributed by atoms with Crippen LogP contribution >= 0.6 is 0 Å². The highest BCUT2D eigenvalue weighted by Gasteiger charge is 2.26. The van der Waals surface area contributed by atoms with E-state index in [9.17, 15) is 14.0 Å². The lowest BCUT2D eigenvalue weighted by Crippen LogP contribution is -2.49. The van der Waals surface area contributed by atoms with Gasteiger partial charge in [-0.3, -0.25) is 9.59 Å². The van der Waals surface area contributed by atoms with Gasteiger partial charge in [-0.05, 0) is 24.1 Å². The summed E-state index contributed by atoms with van der Waals surface area (Å²) in [4.78, 5) is 25.2. The fraction of sp³-hybridized carbons (Fsp3) is 0.364. The molecule has 0 aliphatic carbocycles. The summed E-state index contributed by atoms with van der Waals surface area (Å²) in [7, 11) is 4.54. The summed E-state index contributed by atoms with van der Waals surface area (Å²) in [5.41, 5.74) is 0.559. The third-order valence-electron chi connectivity index (χ3n) is 4.59. The van der Waals surface area contributed by atoms with Crippen molar-refractivity contribution in [3.8, 4) is 17.2 Å². The van der Waals surface area contributed by atoms with Gasteiger partial charge in [-0.15, -0.1) is 0 Å². The zero-order chi connectivity index (χ0) is 22.3. The van der Waals surface area contributed by atoms with Gasteiger partial charge in [-0.2, -0.15) is 0 Å². The Bertz CT molecular complexity index is 901. The first-order valence-electron chi connectivity index (χ1n) is 9.44. The lowest BCUT2D eigenvalue weighted by atomic mass is 10.0. The Hall–Kier alpha value is -3.29. The van der Waals surface area contributed by atoms with Crippen LogP contribution in [0.5, 0.6) is 17.2 Å². The molecule has 2 rings (SSSR count). The summed E-state index contributed by atoms with van der Waals surface area (Å²) in [5, 5.41) is 5.40. The maximum atomic E-state index is 13.9. The first-order chi connectivity index (χ1) is 14.3. The fourth-order valence-corrected chi connectivity index (χ4v) is 2.92. The highest BCUT2D eigenvalue weighted by Crippen LogP contribution is 2.34. The van der Waals surface area contributed by atoms with E-state index in [4.69, 9.17) is 14.2 Å². The summed E-state index contributed by atoms with van der Waals surface area (Å²) in [5.74, 6) is -0.389. The maximum absolute atomic E-state index is 13.9. The van der Waals surface area contributed by atoms with Crippen molar-refractivity contribution in [2.75, 3.05) is 21.3 Å². The van der Waals surface area contributed by atoms with Gasteiger partial charge in [-0.25, -0.2) is 4.39 Å². The molecule has 0 heterocycles. The van der Waals surface area contributed by atoms with Crippen LogP contribution in [-0.2, 0) is 11.3 Å². The van der Waals surface area contributed by atoms with E-state index >= 15 is 0 Å². The van der Waals surface area contributed by atoms with Crippen molar-refractivity contribution >= 4 is 11.8 Å². The first kappa shape index (κ1) is 23.0. The minimum atomic E-state index is -0.844. The average molecular weight is 418 g/mol. The Morgan fingerprint density at radius 2 is 1.57 bits per heavy atom. The summed E-state index contributed by atoms with van der Waals surface area (Å²) in [6.07, 6.45) is 0. The van der Waals surface area contributed by atoms with E-state index in [1.807, 2.05) is 0 Å². The summed E-state index contributed by atoms with van der Waals surface area (Å²) in [6.45, 7) is 3.73. The van der Waals surface area contributed by atoms with Crippen LogP contribution in [0.2, 0.25) is 0 Å². The lowest BCUT2D eigenvalue weighted by molar-refractivity contribution is -0.124. The molecule has 0 aromatic heterocycles. The lowest BCUT2D eigenvalue weighted by Gasteiger charge is -2.22. The van der Waals surface area contributed by atoms with E-state index in [2.05, 4.69) is 10.6 Å². The molecule has 0 radical (unpaired) electrons. The standard InChI is InChI=1S/C22H27FN2O5/c1-13(2)20(25-21(26)15-8-6-7-9-16(15)23)22(27)24-12-14-10-18(29-4)19(30-5)11-17(14)28-3/h6-11,13,20H,12H2,1-5H3,(H,24,27)(H,25,26)/t20-/m0/s1. The molecule has 2 aromatic rings. The number of hydrogen-bond donors (Lipinski definition) is 2. The molecule has 2 aromatic carbocycles. The van der Waals surface area contributed by atoms with E-state index in [0.717, 1.165) is 0 Å². The second kappa shape index (κ2) is 10.5. The van der Waals surface area contributed by atoms with E-state index < -0.39 is 23.7 Å². The Kier molecular flexibility index (Phi) is 8.03. The van der Waals surface area contributed by atoms with Gasteiger partial charge in [0.15, 0.2) is 11.5 Å². The van der Waals surface area contributed by atoms with Gasteiger partial charge in [-0.1, -0.05) is 26.0 Å². The predicted octanol–water partition coefficient (Wildman–Crippen LogP) is 2.92. The smallest absolute Gasteiger partial charge is 0.254 e. The minimum absolute atomic E-state index is 0.113. The zero-order valence-corrected chi connectivity index (χ0v) is 17.7. The minimum Gasteiger partial charge on any atom is -0.496 e. The number of carbonyl (C=O) groups is 2. The van der Waals surface area contributed by atoms with Crippen molar-refractivity contribution in [1.82, 2.24) is 10.6 Å². The predicted molar refractivity (Wildman–Crippen MR) is 110 cm³/mol. The molecule has 7 nitrogen and oxygen atoms in total. The van der Waals surface area contributed by atoms with E-state index in [-0.39, 0.29) is 18.0 Å². The second-order valence-electron chi connectivity index (χ2n) is 6.91. The molecule has 0 unspecified atom stereocenters. The molecule has 0 saturated carbocycles. The third-order valence-corrected chi connectivity index (χ3v) is 4.59. The Labute approximate surface area is 175 Å². The number of benzene rings is 2. The normalized spacial score (nSPS) is 11.6. The number of hydrogen-bond acceptors (Lipinski definition) is 5. The molecule has 0 aliphatic rings. The van der Waals surface area contributed by atoms with Gasteiger partial charge in [0.2, 0.25) is 5.91 Å². The van der Waals surface area contributed by atoms with E-state index in [1.54, 1.807) is 32.0 Å². The average Bonchev–Trinajstić information content (AvgIpc) is 2.74. The molecule has 0 fully saturated rings. The van der Waals surface area contributed by atoms with Crippen LogP contribution in [0, 0.1) is 11.7 Å². The monoisotopic (exact) mass is 418 g/mol. The molecule has 30 heavy (non-hydrogen) atoms. The van der Waals surface area contributed by atoms with Crippen LogP contribution in [0.25, 0.3) is 0 Å². The molecule has 0 saturated heterocycles. The van der Waals surface area contributed by atoms with Gasteiger partial charge in [0, 0.05) is 18.2 Å². The number of halogens is 1. The number of rotatable bonds is 9. The molecule has 2 amide bonds. The van der Waals surface area contributed by atoms with Crippen LogP contribution < -0.4 is 24.8 Å². The number of methoxy groups -OCH3 is 3. The second-order valence-corrected chi connectivity index (χ2v) is 6.91. The summed E-state index contributed by atoms with van der Waals surface area (Å²) in [6, 6.07) is 8.15. The number of amides is 2. The zero-order valence-electron chi connectivity index (χ0n) is 17.7. The van der Waals surface area contributed by atoms with Gasteiger partial charge < -0.3 is 24.8 Å². The van der Waals surface area contributed by atoms with Crippen molar-refractivity contribution < 1.29 is 28.2 Å². The quantitative estimate of drug-likeness (QED) is 0.654. The van der Waals surface area contributed by atoms with Crippen LogP contribution in [-0.4, -0.2) is 39.2 Å². The Balaban J connectivity index is 2.14. The molecule has 162 valence electrons. The van der Waals surface area contributed by atoms with Crippen LogP contribution in [0.3, 0.4) is 0 Å². The molecular formula is C22H27FN2O5. The highest BCUT2D eigenvalue weighted by atomic mass is 19.1. The molecule has 8 heteroatoms. The van der Waals surface area contributed by atoms with Crippen molar-refractivity contribution in [2.24, 2.45) is 5.92 Å². The van der Waals surface area contributed by atoms with Crippen LogP contribution in [0.4, 0.5) is 4.39 Å². The first-order valence-corrected chi connectivity index (χ1v) is 9.44. The Morgan fingerprint density at radius 1 is 0.967 bits per heavy atom. The fourth-order valence-electron chi connectivity index (χ4n) is 2.92. The topological polar surface area (TPSA) is 85.9 Å². The summed E-state index contributed by atoms with van der Waals surface area (Å²) >= 11 is 0.